The lowest BCUT2D eigenvalue weighted by molar-refractivity contribution is -0.138. The van der Waals surface area contributed by atoms with Gasteiger partial charge in [0.2, 0.25) is 0 Å². The van der Waals surface area contributed by atoms with Gasteiger partial charge in [-0.05, 0) is 62.1 Å². The first kappa shape index (κ1) is 36.1. The van der Waals surface area contributed by atoms with E-state index in [1.165, 1.54) is 42.5 Å². The number of rotatable bonds is 12. The Morgan fingerprint density at radius 3 is 1.90 bits per heavy atom. The molecule has 18 heteroatoms. The first-order valence-corrected chi connectivity index (χ1v) is 16.9. The summed E-state index contributed by atoms with van der Waals surface area (Å²) in [7, 11) is -4.89. The van der Waals surface area contributed by atoms with Crippen LogP contribution < -0.4 is 29.4 Å². The number of hydrogen-bond acceptors (Lipinski definition) is 9. The molecule has 3 aromatic carbocycles. The molecular formula is C31H29Cl2F2N2O11P. The monoisotopic (exact) mass is 744 g/mol. The lowest BCUT2D eigenvalue weighted by Crippen LogP contribution is -2.71. The van der Waals surface area contributed by atoms with Crippen LogP contribution >= 0.6 is 31.0 Å². The average Bonchev–Trinajstić information content (AvgIpc) is 3.02. The number of benzene rings is 3. The Morgan fingerprint density at radius 1 is 0.796 bits per heavy atom. The molecule has 0 aliphatic heterocycles. The summed E-state index contributed by atoms with van der Waals surface area (Å²) in [6.45, 7) is -0.954. The number of amides is 2. The number of halogens is 4. The molecule has 3 saturated carbocycles. The first-order chi connectivity index (χ1) is 23.1. The maximum Gasteiger partial charge on any atom is 0.524 e. The van der Waals surface area contributed by atoms with Gasteiger partial charge in [0, 0.05) is 30.2 Å². The SMILES string of the molecule is O=C(COc1ccc(Cl)c(F)c1)NC12CCC(NC(=O)COc3ccc(Cl)c(F)c3)(CC1)[C@@H](OC(=O)Oc1cccc(OP(=O)(O)O)c1)C2. The van der Waals surface area contributed by atoms with Crippen molar-refractivity contribution in [3.63, 3.8) is 0 Å². The van der Waals surface area contributed by atoms with E-state index in [2.05, 4.69) is 15.2 Å². The molecular weight excluding hydrogens is 716 g/mol. The van der Waals surface area contributed by atoms with Gasteiger partial charge >= 0.3 is 14.0 Å². The molecule has 2 bridgehead atoms. The van der Waals surface area contributed by atoms with E-state index in [0.29, 0.717) is 12.8 Å². The lowest BCUT2D eigenvalue weighted by atomic mass is 9.59. The summed E-state index contributed by atoms with van der Waals surface area (Å²) in [5.74, 6) is -2.84. The fraction of sp³-hybridized carbons (Fsp3) is 0.323. The Balaban J connectivity index is 1.28. The van der Waals surface area contributed by atoms with Crippen molar-refractivity contribution in [2.24, 2.45) is 0 Å². The highest BCUT2D eigenvalue weighted by Crippen LogP contribution is 2.48. The summed E-state index contributed by atoms with van der Waals surface area (Å²) in [4.78, 5) is 57.2. The smallest absolute Gasteiger partial charge is 0.484 e. The van der Waals surface area contributed by atoms with E-state index >= 15 is 0 Å². The predicted molar refractivity (Wildman–Crippen MR) is 169 cm³/mol. The summed E-state index contributed by atoms with van der Waals surface area (Å²) in [5.41, 5.74) is -1.99. The Hall–Kier alpha value is -4.14. The zero-order chi connectivity index (χ0) is 35.4. The lowest BCUT2D eigenvalue weighted by Gasteiger charge is -2.56. The molecule has 0 heterocycles. The van der Waals surface area contributed by atoms with Crippen molar-refractivity contribution in [3.8, 4) is 23.0 Å². The second-order valence-electron chi connectivity index (χ2n) is 11.5. The molecule has 6 rings (SSSR count). The van der Waals surface area contributed by atoms with Crippen LogP contribution in [0.4, 0.5) is 13.6 Å². The molecule has 0 saturated heterocycles. The van der Waals surface area contributed by atoms with Crippen molar-refractivity contribution in [2.75, 3.05) is 13.2 Å². The first-order valence-electron chi connectivity index (χ1n) is 14.6. The van der Waals surface area contributed by atoms with Crippen molar-refractivity contribution in [1.29, 1.82) is 0 Å². The molecule has 0 unspecified atom stereocenters. The third kappa shape index (κ3) is 9.52. The molecule has 0 radical (unpaired) electrons. The van der Waals surface area contributed by atoms with Crippen molar-refractivity contribution in [2.45, 2.75) is 49.3 Å². The van der Waals surface area contributed by atoms with E-state index in [9.17, 15) is 27.7 Å². The van der Waals surface area contributed by atoms with E-state index in [1.807, 2.05) is 0 Å². The van der Waals surface area contributed by atoms with Crippen LogP contribution in [0.3, 0.4) is 0 Å². The number of ether oxygens (including phenoxy) is 4. The van der Waals surface area contributed by atoms with Gasteiger partial charge in [-0.1, -0.05) is 29.3 Å². The van der Waals surface area contributed by atoms with E-state index in [1.54, 1.807) is 0 Å². The van der Waals surface area contributed by atoms with Crippen LogP contribution in [-0.2, 0) is 18.9 Å². The number of carbonyl (C=O) groups is 3. The molecule has 49 heavy (non-hydrogen) atoms. The number of fused-ring (bicyclic) bond motifs is 3. The molecule has 3 aliphatic rings. The van der Waals surface area contributed by atoms with Crippen molar-refractivity contribution in [1.82, 2.24) is 10.6 Å². The van der Waals surface area contributed by atoms with Gasteiger partial charge in [-0.15, -0.1) is 0 Å². The largest absolute Gasteiger partial charge is 0.524 e. The molecule has 2 amide bonds. The van der Waals surface area contributed by atoms with Crippen LogP contribution in [-0.4, -0.2) is 58.2 Å². The second kappa shape index (κ2) is 14.8. The van der Waals surface area contributed by atoms with E-state index in [4.69, 9.17) is 51.9 Å². The average molecular weight is 745 g/mol. The predicted octanol–water partition coefficient (Wildman–Crippen LogP) is 5.47. The van der Waals surface area contributed by atoms with Crippen LogP contribution in [0.25, 0.3) is 0 Å². The third-order valence-electron chi connectivity index (χ3n) is 8.08. The molecule has 1 atom stereocenters. The quantitative estimate of drug-likeness (QED) is 0.105. The standard InChI is InChI=1S/C31H29Cl2F2N2O11P/c32-22-6-4-18(13-24(22)34)44-16-27(38)36-30-8-10-31(11-9-30,37-28(39)17-45-19-5-7-23(33)25(35)14-19)26(15-30)47-29(40)46-20-2-1-3-21(12-20)48-49(41,42)43/h1-7,12-14,26H,8-11,15-17H2,(H,36,38)(H,37,39)(H2,41,42,43)/t26-,30?,31?/m0/s1. The van der Waals surface area contributed by atoms with E-state index in [0.717, 1.165) is 18.2 Å². The minimum atomic E-state index is -4.89. The second-order valence-corrected chi connectivity index (χ2v) is 13.5. The Morgan fingerprint density at radius 2 is 1.35 bits per heavy atom. The molecule has 3 aromatic rings. The molecule has 0 aromatic heterocycles. The van der Waals surface area contributed by atoms with Gasteiger partial charge in [0.1, 0.15) is 40.7 Å². The zero-order valence-electron chi connectivity index (χ0n) is 25.3. The van der Waals surface area contributed by atoms with E-state index < -0.39 is 67.8 Å². The highest BCUT2D eigenvalue weighted by atomic mass is 35.5. The van der Waals surface area contributed by atoms with Crippen LogP contribution in [0.5, 0.6) is 23.0 Å². The van der Waals surface area contributed by atoms with Gasteiger partial charge in [-0.2, -0.15) is 0 Å². The van der Waals surface area contributed by atoms with Crippen LogP contribution in [0.1, 0.15) is 32.1 Å². The normalized spacial score (nSPS) is 21.3. The number of nitrogens with one attached hydrogen (secondary N) is 2. The van der Waals surface area contributed by atoms with Crippen molar-refractivity contribution in [3.05, 3.63) is 82.3 Å². The molecule has 13 nitrogen and oxygen atoms in total. The Bertz CT molecular complexity index is 1790. The number of phosphoric ester groups is 1. The van der Waals surface area contributed by atoms with Crippen LogP contribution in [0.15, 0.2) is 60.7 Å². The summed E-state index contributed by atoms with van der Waals surface area (Å²) in [6.07, 6.45) is -0.956. The van der Waals surface area contributed by atoms with Gasteiger partial charge in [-0.25, -0.2) is 18.1 Å². The third-order valence-corrected chi connectivity index (χ3v) is 9.14. The van der Waals surface area contributed by atoms with Gasteiger partial charge in [0.15, 0.2) is 13.2 Å². The highest BCUT2D eigenvalue weighted by Gasteiger charge is 2.57. The number of hydrogen-bond donors (Lipinski definition) is 4. The van der Waals surface area contributed by atoms with Crippen molar-refractivity contribution >= 4 is 49.0 Å². The minimum Gasteiger partial charge on any atom is -0.484 e. The van der Waals surface area contributed by atoms with Gasteiger partial charge in [0.25, 0.3) is 11.8 Å². The molecule has 4 N–H and O–H groups in total. The van der Waals surface area contributed by atoms with Gasteiger partial charge in [0.05, 0.1) is 15.6 Å². The molecule has 0 spiro atoms. The Kier molecular flexibility index (Phi) is 10.9. The summed E-state index contributed by atoms with van der Waals surface area (Å²) < 4.78 is 65.2. The minimum absolute atomic E-state index is 0.0499. The summed E-state index contributed by atoms with van der Waals surface area (Å²) >= 11 is 11.4. The van der Waals surface area contributed by atoms with E-state index in [-0.39, 0.29) is 52.3 Å². The molecule has 262 valence electrons. The summed E-state index contributed by atoms with van der Waals surface area (Å²) in [6, 6.07) is 12.4. The number of carbonyl (C=O) groups excluding carboxylic acids is 3. The van der Waals surface area contributed by atoms with Crippen molar-refractivity contribution < 1.29 is 61.0 Å². The maximum absolute atomic E-state index is 13.8. The molecule has 3 aliphatic carbocycles. The van der Waals surface area contributed by atoms with Crippen LogP contribution in [0.2, 0.25) is 10.0 Å². The molecule has 3 fully saturated rings. The zero-order valence-corrected chi connectivity index (χ0v) is 27.7. The highest BCUT2D eigenvalue weighted by molar-refractivity contribution is 7.46. The summed E-state index contributed by atoms with van der Waals surface area (Å²) in [5, 5.41) is 5.61. The topological polar surface area (TPSA) is 179 Å². The van der Waals surface area contributed by atoms with Gasteiger partial charge < -0.3 is 34.1 Å². The van der Waals surface area contributed by atoms with Crippen LogP contribution in [0, 0.1) is 11.6 Å². The van der Waals surface area contributed by atoms with Gasteiger partial charge in [-0.3, -0.25) is 19.4 Å². The fourth-order valence-electron chi connectivity index (χ4n) is 5.83. The number of phosphoric acid groups is 1. The Labute approximate surface area is 288 Å². The fourth-order valence-corrected chi connectivity index (χ4v) is 6.46. The maximum atomic E-state index is 13.8.